The minimum absolute atomic E-state index is 0.157. The normalized spacial score (nSPS) is 21.5. The molecule has 16 heavy (non-hydrogen) atoms. The highest BCUT2D eigenvalue weighted by atomic mass is 19.1. The van der Waals surface area contributed by atoms with E-state index in [0.717, 1.165) is 26.2 Å². The number of hydrogen-bond donors (Lipinski definition) is 1. The lowest BCUT2D eigenvalue weighted by atomic mass is 10.2. The topological polar surface area (TPSA) is 15.3 Å². The summed E-state index contributed by atoms with van der Waals surface area (Å²) < 4.78 is 12.7. The molecule has 1 heterocycles. The fourth-order valence-electron chi connectivity index (χ4n) is 2.28. The summed E-state index contributed by atoms with van der Waals surface area (Å²) in [7, 11) is 0. The fourth-order valence-corrected chi connectivity index (χ4v) is 2.28. The lowest BCUT2D eigenvalue weighted by molar-refractivity contribution is 0.320. The van der Waals surface area contributed by atoms with Crippen LogP contribution < -0.4 is 5.32 Å². The maximum absolute atomic E-state index is 12.7. The first-order valence-corrected chi connectivity index (χ1v) is 5.98. The van der Waals surface area contributed by atoms with Crippen molar-refractivity contribution in [3.63, 3.8) is 0 Å². The third-order valence-electron chi connectivity index (χ3n) is 3.08. The number of likely N-dealkylation sites (tertiary alicyclic amines) is 1. The van der Waals surface area contributed by atoms with Crippen LogP contribution in [0.4, 0.5) is 4.39 Å². The van der Waals surface area contributed by atoms with Crippen molar-refractivity contribution in [2.24, 2.45) is 0 Å². The molecule has 0 amide bonds. The molecule has 1 saturated heterocycles. The molecular formula is C13H19FN2. The second-order valence-corrected chi connectivity index (χ2v) is 4.40. The standard InChI is InChI=1S/C13H19FN2/c1-2-15-13-7-8-16(10-13)9-11-3-5-12(14)6-4-11/h3-6,13,15H,2,7-10H2,1H3/t13-/m1/s1. The van der Waals surface area contributed by atoms with Gasteiger partial charge in [-0.3, -0.25) is 4.90 Å². The number of rotatable bonds is 4. The molecule has 0 unspecified atom stereocenters. The lowest BCUT2D eigenvalue weighted by Crippen LogP contribution is -2.32. The van der Waals surface area contributed by atoms with Gasteiger partial charge in [-0.15, -0.1) is 0 Å². The number of likely N-dealkylation sites (N-methyl/N-ethyl adjacent to an activating group) is 1. The van der Waals surface area contributed by atoms with Gasteiger partial charge in [-0.25, -0.2) is 4.39 Å². The van der Waals surface area contributed by atoms with Crippen LogP contribution in [0, 0.1) is 5.82 Å². The summed E-state index contributed by atoms with van der Waals surface area (Å²) in [6.45, 7) is 6.35. The molecule has 1 aliphatic heterocycles. The van der Waals surface area contributed by atoms with Crippen molar-refractivity contribution in [2.75, 3.05) is 19.6 Å². The third kappa shape index (κ3) is 3.03. The van der Waals surface area contributed by atoms with Gasteiger partial charge in [0.25, 0.3) is 0 Å². The zero-order chi connectivity index (χ0) is 11.4. The number of nitrogens with zero attached hydrogens (tertiary/aromatic N) is 1. The van der Waals surface area contributed by atoms with Gasteiger partial charge in [0.2, 0.25) is 0 Å². The molecule has 1 aliphatic rings. The summed E-state index contributed by atoms with van der Waals surface area (Å²) in [5.74, 6) is -0.157. The first-order valence-electron chi connectivity index (χ1n) is 5.98. The Bertz CT molecular complexity index is 323. The molecule has 1 N–H and O–H groups in total. The van der Waals surface area contributed by atoms with Crippen molar-refractivity contribution in [2.45, 2.75) is 25.9 Å². The predicted octanol–water partition coefficient (Wildman–Crippen LogP) is 2.01. The molecule has 88 valence electrons. The van der Waals surface area contributed by atoms with E-state index >= 15 is 0 Å². The van der Waals surface area contributed by atoms with Crippen molar-refractivity contribution < 1.29 is 4.39 Å². The van der Waals surface area contributed by atoms with Crippen molar-refractivity contribution in [1.29, 1.82) is 0 Å². The first-order chi connectivity index (χ1) is 7.78. The smallest absolute Gasteiger partial charge is 0.123 e. The number of hydrogen-bond acceptors (Lipinski definition) is 2. The Kier molecular flexibility index (Phi) is 3.91. The van der Waals surface area contributed by atoms with Crippen molar-refractivity contribution in [1.82, 2.24) is 10.2 Å². The minimum Gasteiger partial charge on any atom is -0.313 e. The zero-order valence-corrected chi connectivity index (χ0v) is 9.75. The first kappa shape index (κ1) is 11.6. The van der Waals surface area contributed by atoms with Crippen LogP contribution in [-0.4, -0.2) is 30.6 Å². The molecule has 0 saturated carbocycles. The van der Waals surface area contributed by atoms with Gasteiger partial charge in [0.15, 0.2) is 0 Å². The third-order valence-corrected chi connectivity index (χ3v) is 3.08. The van der Waals surface area contributed by atoms with E-state index in [1.54, 1.807) is 0 Å². The Morgan fingerprint density at radius 3 is 2.81 bits per heavy atom. The Morgan fingerprint density at radius 1 is 1.38 bits per heavy atom. The van der Waals surface area contributed by atoms with E-state index in [1.165, 1.54) is 24.1 Å². The summed E-state index contributed by atoms with van der Waals surface area (Å²) in [6, 6.07) is 7.44. The molecule has 0 radical (unpaired) electrons. The van der Waals surface area contributed by atoms with E-state index in [0.29, 0.717) is 6.04 Å². The average Bonchev–Trinajstić information content (AvgIpc) is 2.70. The van der Waals surface area contributed by atoms with Crippen LogP contribution in [0.5, 0.6) is 0 Å². The summed E-state index contributed by atoms with van der Waals surface area (Å²) >= 11 is 0. The Balaban J connectivity index is 1.84. The van der Waals surface area contributed by atoms with Gasteiger partial charge < -0.3 is 5.32 Å². The van der Waals surface area contributed by atoms with Gasteiger partial charge in [0.05, 0.1) is 0 Å². The maximum atomic E-state index is 12.7. The molecule has 0 aliphatic carbocycles. The van der Waals surface area contributed by atoms with Gasteiger partial charge in [0.1, 0.15) is 5.82 Å². The molecule has 3 heteroatoms. The largest absolute Gasteiger partial charge is 0.313 e. The Morgan fingerprint density at radius 2 is 2.12 bits per heavy atom. The highest BCUT2D eigenvalue weighted by molar-refractivity contribution is 5.16. The van der Waals surface area contributed by atoms with Crippen LogP contribution in [0.15, 0.2) is 24.3 Å². The monoisotopic (exact) mass is 222 g/mol. The summed E-state index contributed by atoms with van der Waals surface area (Å²) in [4.78, 5) is 2.42. The molecule has 2 nitrogen and oxygen atoms in total. The zero-order valence-electron chi connectivity index (χ0n) is 9.75. The van der Waals surface area contributed by atoms with E-state index in [1.807, 2.05) is 12.1 Å². The number of benzene rings is 1. The summed E-state index contributed by atoms with van der Waals surface area (Å²) in [5.41, 5.74) is 1.19. The molecule has 1 fully saturated rings. The lowest BCUT2D eigenvalue weighted by Gasteiger charge is -2.16. The highest BCUT2D eigenvalue weighted by Gasteiger charge is 2.21. The molecule has 1 aromatic carbocycles. The van der Waals surface area contributed by atoms with Crippen LogP contribution >= 0.6 is 0 Å². The van der Waals surface area contributed by atoms with E-state index in [4.69, 9.17) is 0 Å². The van der Waals surface area contributed by atoms with E-state index in [2.05, 4.69) is 17.1 Å². The van der Waals surface area contributed by atoms with E-state index < -0.39 is 0 Å². The quantitative estimate of drug-likeness (QED) is 0.838. The molecule has 1 atom stereocenters. The second-order valence-electron chi connectivity index (χ2n) is 4.40. The second kappa shape index (κ2) is 5.41. The van der Waals surface area contributed by atoms with Gasteiger partial charge >= 0.3 is 0 Å². The molecule has 1 aromatic rings. The van der Waals surface area contributed by atoms with E-state index in [-0.39, 0.29) is 5.82 Å². The van der Waals surface area contributed by atoms with Gasteiger partial charge in [-0.05, 0) is 30.7 Å². The Hall–Kier alpha value is -0.930. The minimum atomic E-state index is -0.157. The van der Waals surface area contributed by atoms with E-state index in [9.17, 15) is 4.39 Å². The molecule has 0 aromatic heterocycles. The number of nitrogens with one attached hydrogen (secondary N) is 1. The van der Waals surface area contributed by atoms with Crippen molar-refractivity contribution in [3.8, 4) is 0 Å². The SMILES string of the molecule is CCN[C@@H]1CCN(Cc2ccc(F)cc2)C1. The van der Waals surface area contributed by atoms with Crippen molar-refractivity contribution >= 4 is 0 Å². The Labute approximate surface area is 96.5 Å². The predicted molar refractivity (Wildman–Crippen MR) is 63.8 cm³/mol. The van der Waals surface area contributed by atoms with Crippen LogP contribution in [0.2, 0.25) is 0 Å². The van der Waals surface area contributed by atoms with Gasteiger partial charge in [0, 0.05) is 25.7 Å². The molecule has 2 rings (SSSR count). The summed E-state index contributed by atoms with van der Waals surface area (Å²) in [5, 5.41) is 3.47. The van der Waals surface area contributed by atoms with Crippen LogP contribution in [-0.2, 0) is 6.54 Å². The van der Waals surface area contributed by atoms with Crippen LogP contribution in [0.1, 0.15) is 18.9 Å². The fraction of sp³-hybridized carbons (Fsp3) is 0.538. The average molecular weight is 222 g/mol. The van der Waals surface area contributed by atoms with Crippen LogP contribution in [0.25, 0.3) is 0 Å². The molecule has 0 bridgehead atoms. The van der Waals surface area contributed by atoms with Gasteiger partial charge in [-0.1, -0.05) is 19.1 Å². The summed E-state index contributed by atoms with van der Waals surface area (Å²) in [6.07, 6.45) is 1.22. The maximum Gasteiger partial charge on any atom is 0.123 e. The molecular weight excluding hydrogens is 203 g/mol. The number of halogens is 1. The van der Waals surface area contributed by atoms with Gasteiger partial charge in [-0.2, -0.15) is 0 Å². The van der Waals surface area contributed by atoms with Crippen molar-refractivity contribution in [3.05, 3.63) is 35.6 Å². The van der Waals surface area contributed by atoms with Crippen LogP contribution in [0.3, 0.4) is 0 Å². The highest BCUT2D eigenvalue weighted by Crippen LogP contribution is 2.13. The molecule has 0 spiro atoms.